The van der Waals surface area contributed by atoms with Crippen LogP contribution in [-0.4, -0.2) is 589 Å². The van der Waals surface area contributed by atoms with Crippen LogP contribution in [0.5, 0.6) is 0 Å². The van der Waals surface area contributed by atoms with Crippen molar-refractivity contribution in [3.8, 4) is 0 Å². The van der Waals surface area contributed by atoms with E-state index >= 15 is 0 Å². The summed E-state index contributed by atoms with van der Waals surface area (Å²) in [5.74, 6) is 0. The topological polar surface area (TPSA) is 902 Å². The number of hydrogen-bond acceptors (Lipinski definition) is 56. The third kappa shape index (κ3) is 20.7. The highest BCUT2D eigenvalue weighted by atomic mass is 16.8. The molecule has 11 fully saturated rings. The van der Waals surface area contributed by atoms with Crippen LogP contribution < -0.4 is 0 Å². The van der Waals surface area contributed by atoms with Crippen molar-refractivity contribution in [2.24, 2.45) is 0 Å². The van der Waals surface area contributed by atoms with Crippen molar-refractivity contribution in [2.45, 2.75) is 338 Å². The molecule has 0 bridgehead atoms. The molecule has 11 saturated heterocycles. The number of rotatable bonds is 31. The summed E-state index contributed by atoms with van der Waals surface area (Å²) in [6.45, 7) is -12.0. The van der Waals surface area contributed by atoms with Crippen LogP contribution in [0.3, 0.4) is 0 Å². The summed E-state index contributed by atoms with van der Waals surface area (Å²) in [5.41, 5.74) is 0. The minimum atomic E-state index is -2.49. The van der Waals surface area contributed by atoms with Gasteiger partial charge in [-0.05, 0) is 0 Å². The van der Waals surface area contributed by atoms with E-state index in [9.17, 15) is 179 Å². The largest absolute Gasteiger partial charge is 0.394 e. The van der Waals surface area contributed by atoms with E-state index in [4.69, 9.17) is 99.5 Å². The first kappa shape index (κ1) is 100. The molecular formula is C66H112O56. The molecule has 0 aromatic carbocycles. The van der Waals surface area contributed by atoms with Crippen molar-refractivity contribution in [2.75, 3.05) is 72.7 Å². The summed E-state index contributed by atoms with van der Waals surface area (Å²) >= 11 is 0. The smallest absolute Gasteiger partial charge is 0.187 e. The van der Waals surface area contributed by atoms with Crippen LogP contribution in [0.25, 0.3) is 0 Å². The highest BCUT2D eigenvalue weighted by Crippen LogP contribution is 2.41. The Labute approximate surface area is 687 Å². The summed E-state index contributed by atoms with van der Waals surface area (Å²) < 4.78 is 119. The molecular weight excluding hydrogens is 1690 g/mol. The second kappa shape index (κ2) is 43.4. The second-order valence-electron chi connectivity index (χ2n) is 30.8. The minimum absolute atomic E-state index is 0.887. The molecule has 0 amide bonds. The monoisotopic (exact) mass is 1800 g/mol. The Balaban J connectivity index is 0.755. The van der Waals surface area contributed by atoms with Crippen molar-refractivity contribution in [1.82, 2.24) is 0 Å². The van der Waals surface area contributed by atoms with Crippen LogP contribution in [0.15, 0.2) is 0 Å². The van der Waals surface area contributed by atoms with Crippen molar-refractivity contribution in [3.05, 3.63) is 0 Å². The summed E-state index contributed by atoms with van der Waals surface area (Å²) in [4.78, 5) is 0. The Morgan fingerprint density at radius 1 is 0.139 bits per heavy atom. The van der Waals surface area contributed by atoms with E-state index in [-0.39, 0.29) is 0 Å². The lowest BCUT2D eigenvalue weighted by molar-refractivity contribution is -0.400. The predicted molar refractivity (Wildman–Crippen MR) is 362 cm³/mol. The van der Waals surface area contributed by atoms with E-state index in [0.717, 1.165) is 0 Å². The van der Waals surface area contributed by atoms with Gasteiger partial charge in [0.05, 0.1) is 72.7 Å². The number of aliphatic hydroxyl groups is 35. The van der Waals surface area contributed by atoms with Crippen LogP contribution in [0.2, 0.25) is 0 Å². The third-order valence-electron chi connectivity index (χ3n) is 23.0. The van der Waals surface area contributed by atoms with Gasteiger partial charge in [0.15, 0.2) is 69.2 Å². The Hall–Kier alpha value is -2.24. The van der Waals surface area contributed by atoms with Gasteiger partial charge in [-0.1, -0.05) is 0 Å². The van der Waals surface area contributed by atoms with Gasteiger partial charge in [-0.15, -0.1) is 0 Å². The Kier molecular flexibility index (Phi) is 35.7. The molecule has 56 heteroatoms. The van der Waals surface area contributed by atoms with E-state index in [1.54, 1.807) is 0 Å². The van der Waals surface area contributed by atoms with E-state index in [1.807, 2.05) is 0 Å². The average molecular weight is 1800 g/mol. The van der Waals surface area contributed by atoms with Crippen LogP contribution in [-0.2, 0) is 99.5 Å². The molecule has 11 aliphatic rings. The molecule has 11 aliphatic heterocycles. The van der Waals surface area contributed by atoms with E-state index < -0.39 is 410 Å². The zero-order valence-corrected chi connectivity index (χ0v) is 63.8. The maximum atomic E-state index is 12.1. The molecule has 0 saturated carbocycles. The Morgan fingerprint density at radius 3 is 0.492 bits per heavy atom. The molecule has 712 valence electrons. The molecule has 56 nitrogen and oxygen atoms in total. The lowest BCUT2D eigenvalue weighted by atomic mass is 9.95. The molecule has 55 atom stereocenters. The SMILES string of the molecule is OC[C@H]1O[C@H](O[C@H]2[C@H](O)[C@@H](O)[C@@H](O[C@H]3[C@H](O)[C@@H](O)[C@@H](O[C@H]4[C@H](O)[C@@H](O)[C@@H](O[C@H]5[C@H](O)[C@@H](O)[C@@H](O[C@H]6[C@H](O)[C@@H](O)C(O)O[C@@H]6CO)O[C@@H]5CO)O[C@@H]4CO[C@H]4O[C@H](CO)[C@@H](O[C@H]5O[C@H](CO)[C@@H](O[C@H]6O[C@H](CO)[C@@H](O[C@H]7O[C@H](CO)[C@@H](O[C@H]8O[C@H](CO)[C@@H](O)[C@H](O)[C@H]8O)[C@@H](O)[C@H]7O)[C@H](O)[C@H]6O)[C@H](O)[C@H]5O)[C@H](O)[C@H]4O)O[C@@H]3CO)O[C@@H]2CO)[C@H](O)[C@@H](O)[C@@H]1O. The summed E-state index contributed by atoms with van der Waals surface area (Å²) in [6, 6.07) is 0. The molecule has 0 aromatic rings. The molecule has 122 heavy (non-hydrogen) atoms. The van der Waals surface area contributed by atoms with Gasteiger partial charge in [0.25, 0.3) is 0 Å². The van der Waals surface area contributed by atoms with Crippen LogP contribution in [0.1, 0.15) is 0 Å². The predicted octanol–water partition coefficient (Wildman–Crippen LogP) is -25.0. The lowest BCUT2D eigenvalue weighted by Crippen LogP contribution is -2.68. The first-order valence-corrected chi connectivity index (χ1v) is 38.7. The first-order valence-electron chi connectivity index (χ1n) is 38.7. The molecule has 0 radical (unpaired) electrons. The lowest BCUT2D eigenvalue weighted by Gasteiger charge is -2.50. The van der Waals surface area contributed by atoms with Gasteiger partial charge in [0.1, 0.15) is 269 Å². The molecule has 11 heterocycles. The third-order valence-corrected chi connectivity index (χ3v) is 23.0. The standard InChI is InChI=1S/C66H112O56/c67-1-12-23(77)25(79)37(91)58(104-12)115-49-16(5-71)108-62(41(95)29(49)83)118-52-19(8-74)111-64(44(98)32(52)86)119-51-18(7-73)110-61(43(97)31(51)85)117-48-15(4-70)106-57(39(93)28(48)82)102-11-22-55(35(89)46(100)66(113-22)121-54-21(10-76)107-60(40(94)33(54)87)114-47-14(3-69)103-56(101)36(90)27(47)81)122-65-45(99)34(88)53(20(9-75)112-65)120-63-42(96)30(84)50(17(6-72)109-63)116-59-38(92)26(80)24(78)13(2-68)105-59/h12-101H,1-11H2/t12-,13-,14-,15-,16-,17-,18-,19-,20-,21-,22-,23-,24-,25+,26+,27-,28-,29+,30-,31-,32-,33-,34-,35-,36-,37-,38-,39-,40-,41-,42-,43-,44-,45-,46-,47-,48-,49-,50-,51-,52-,53-,54-,55-,56?,57+,58-,59-,60-,61-,62-,63-,64-,65-,66-/m1/s1. The normalized spacial score (nSPS) is 53.8. The Morgan fingerprint density at radius 2 is 0.287 bits per heavy atom. The van der Waals surface area contributed by atoms with E-state index in [2.05, 4.69) is 0 Å². The van der Waals surface area contributed by atoms with Gasteiger partial charge in [-0.25, -0.2) is 0 Å². The highest BCUT2D eigenvalue weighted by Gasteiger charge is 2.62. The van der Waals surface area contributed by atoms with E-state index in [0.29, 0.717) is 0 Å². The maximum Gasteiger partial charge on any atom is 0.187 e. The number of hydrogen-bond donors (Lipinski definition) is 35. The van der Waals surface area contributed by atoms with Gasteiger partial charge in [0, 0.05) is 0 Å². The molecule has 0 spiro atoms. The fourth-order valence-electron chi connectivity index (χ4n) is 15.9. The molecule has 0 aromatic heterocycles. The Bertz CT molecular complexity index is 3100. The van der Waals surface area contributed by atoms with Crippen LogP contribution in [0, 0.1) is 0 Å². The number of ether oxygens (including phenoxy) is 21. The van der Waals surface area contributed by atoms with Crippen molar-refractivity contribution in [1.29, 1.82) is 0 Å². The second-order valence-corrected chi connectivity index (χ2v) is 30.8. The quantitative estimate of drug-likeness (QED) is 0.0306. The zero-order valence-electron chi connectivity index (χ0n) is 63.8. The van der Waals surface area contributed by atoms with Crippen molar-refractivity contribution >= 4 is 0 Å². The van der Waals surface area contributed by atoms with Gasteiger partial charge in [-0.2, -0.15) is 0 Å². The van der Waals surface area contributed by atoms with Crippen LogP contribution >= 0.6 is 0 Å². The number of aliphatic hydroxyl groups excluding tert-OH is 35. The van der Waals surface area contributed by atoms with Crippen molar-refractivity contribution in [3.63, 3.8) is 0 Å². The van der Waals surface area contributed by atoms with Gasteiger partial charge in [0.2, 0.25) is 0 Å². The first-order chi connectivity index (χ1) is 57.9. The summed E-state index contributed by atoms with van der Waals surface area (Å²) in [5, 5.41) is 381. The molecule has 11 rings (SSSR count). The minimum Gasteiger partial charge on any atom is -0.394 e. The van der Waals surface area contributed by atoms with Crippen molar-refractivity contribution < 1.29 is 278 Å². The fourth-order valence-corrected chi connectivity index (χ4v) is 15.9. The van der Waals surface area contributed by atoms with E-state index in [1.165, 1.54) is 0 Å². The molecule has 0 aliphatic carbocycles. The average Bonchev–Trinajstić information content (AvgIpc) is 0.773. The highest BCUT2D eigenvalue weighted by molar-refractivity contribution is 5.04. The van der Waals surface area contributed by atoms with Gasteiger partial charge >= 0.3 is 0 Å². The molecule has 1 unspecified atom stereocenters. The zero-order chi connectivity index (χ0) is 89.4. The summed E-state index contributed by atoms with van der Waals surface area (Å²) in [6.07, 6.45) is -114. The van der Waals surface area contributed by atoms with Crippen LogP contribution in [0.4, 0.5) is 0 Å². The van der Waals surface area contributed by atoms with Gasteiger partial charge < -0.3 is 278 Å². The maximum absolute atomic E-state index is 12.1. The molecule has 35 N–H and O–H groups in total. The fraction of sp³-hybridized carbons (Fsp3) is 1.00. The van der Waals surface area contributed by atoms with Gasteiger partial charge in [-0.3, -0.25) is 0 Å². The summed E-state index contributed by atoms with van der Waals surface area (Å²) in [7, 11) is 0.